The highest BCUT2D eigenvalue weighted by Gasteiger charge is 2.27. The normalized spacial score (nSPS) is 11.2. The SMILES string of the molecule is COCCN(C(=O)c1cnc(-c2ccccc2F)s1)c1c(N)n(CC(C)C)c(=O)[nH]c1=O. The lowest BCUT2D eigenvalue weighted by Gasteiger charge is -2.24. The summed E-state index contributed by atoms with van der Waals surface area (Å²) in [5.41, 5.74) is 4.87. The number of halogens is 1. The first kappa shape index (κ1) is 23.4. The fourth-order valence-electron chi connectivity index (χ4n) is 3.15. The van der Waals surface area contributed by atoms with E-state index < -0.39 is 23.0 Å². The number of benzene rings is 1. The molecule has 3 N–H and O–H groups in total. The Hall–Kier alpha value is -3.31. The van der Waals surface area contributed by atoms with Gasteiger partial charge in [-0.15, -0.1) is 11.3 Å². The monoisotopic (exact) mass is 461 g/mol. The molecular formula is C21H24FN5O4S. The number of aromatic nitrogens is 3. The largest absolute Gasteiger partial charge is 0.383 e. The first-order valence-electron chi connectivity index (χ1n) is 9.88. The summed E-state index contributed by atoms with van der Waals surface area (Å²) < 4.78 is 20.4. The lowest BCUT2D eigenvalue weighted by molar-refractivity contribution is 0.0979. The number of hydrogen-bond acceptors (Lipinski definition) is 7. The van der Waals surface area contributed by atoms with Crippen molar-refractivity contribution in [1.29, 1.82) is 0 Å². The summed E-state index contributed by atoms with van der Waals surface area (Å²) in [6.45, 7) is 4.18. The van der Waals surface area contributed by atoms with Crippen molar-refractivity contribution in [1.82, 2.24) is 14.5 Å². The summed E-state index contributed by atoms with van der Waals surface area (Å²) in [4.78, 5) is 46.0. The molecule has 0 aliphatic rings. The van der Waals surface area contributed by atoms with Crippen LogP contribution in [-0.4, -0.2) is 40.7 Å². The summed E-state index contributed by atoms with van der Waals surface area (Å²) in [6, 6.07) is 6.10. The number of aromatic amines is 1. The van der Waals surface area contributed by atoms with Gasteiger partial charge in [-0.05, 0) is 18.1 Å². The highest BCUT2D eigenvalue weighted by molar-refractivity contribution is 7.17. The maximum atomic E-state index is 14.1. The average molecular weight is 462 g/mol. The Bertz CT molecular complexity index is 1230. The van der Waals surface area contributed by atoms with Crippen molar-refractivity contribution >= 4 is 28.7 Å². The van der Waals surface area contributed by atoms with Gasteiger partial charge < -0.3 is 10.5 Å². The van der Waals surface area contributed by atoms with Crippen molar-refractivity contribution in [3.63, 3.8) is 0 Å². The number of rotatable bonds is 8. The van der Waals surface area contributed by atoms with Crippen LogP contribution in [0.25, 0.3) is 10.6 Å². The van der Waals surface area contributed by atoms with Gasteiger partial charge in [-0.25, -0.2) is 14.2 Å². The van der Waals surface area contributed by atoms with Gasteiger partial charge in [0.25, 0.3) is 11.5 Å². The Balaban J connectivity index is 2.07. The Morgan fingerprint density at radius 2 is 2.06 bits per heavy atom. The number of methoxy groups -OCH3 is 1. The van der Waals surface area contributed by atoms with Gasteiger partial charge in [0.1, 0.15) is 21.5 Å². The molecule has 0 saturated carbocycles. The smallest absolute Gasteiger partial charge is 0.330 e. The van der Waals surface area contributed by atoms with Gasteiger partial charge in [-0.2, -0.15) is 0 Å². The minimum absolute atomic E-state index is 0.00935. The molecule has 11 heteroatoms. The maximum absolute atomic E-state index is 14.1. The van der Waals surface area contributed by atoms with E-state index in [1.54, 1.807) is 18.2 Å². The fraction of sp³-hybridized carbons (Fsp3) is 0.333. The first-order chi connectivity index (χ1) is 15.2. The predicted octanol–water partition coefficient (Wildman–Crippen LogP) is 2.33. The van der Waals surface area contributed by atoms with Crippen LogP contribution in [0.5, 0.6) is 0 Å². The molecule has 0 saturated heterocycles. The van der Waals surface area contributed by atoms with Crippen LogP contribution in [0.4, 0.5) is 15.9 Å². The second-order valence-corrected chi connectivity index (χ2v) is 8.49. The zero-order valence-corrected chi connectivity index (χ0v) is 18.7. The van der Waals surface area contributed by atoms with Gasteiger partial charge in [0, 0.05) is 25.8 Å². The number of thiazole rings is 1. The molecule has 0 aliphatic heterocycles. The van der Waals surface area contributed by atoms with E-state index in [0.717, 1.165) is 16.2 Å². The highest BCUT2D eigenvalue weighted by atomic mass is 32.1. The molecule has 2 aromatic heterocycles. The summed E-state index contributed by atoms with van der Waals surface area (Å²) in [5, 5.41) is 0.324. The molecule has 1 amide bonds. The lowest BCUT2D eigenvalue weighted by Crippen LogP contribution is -2.42. The molecule has 9 nitrogen and oxygen atoms in total. The van der Waals surface area contributed by atoms with Crippen LogP contribution in [0.3, 0.4) is 0 Å². The van der Waals surface area contributed by atoms with E-state index in [9.17, 15) is 18.8 Å². The third-order valence-electron chi connectivity index (χ3n) is 4.62. The molecule has 0 unspecified atom stereocenters. The zero-order chi connectivity index (χ0) is 23.4. The van der Waals surface area contributed by atoms with Crippen LogP contribution in [0, 0.1) is 11.7 Å². The summed E-state index contributed by atoms with van der Waals surface area (Å²) in [5.74, 6) is -1.06. The number of hydrogen-bond donors (Lipinski definition) is 2. The number of nitrogens with zero attached hydrogens (tertiary/aromatic N) is 3. The van der Waals surface area contributed by atoms with E-state index in [2.05, 4.69) is 9.97 Å². The van der Waals surface area contributed by atoms with Crippen molar-refractivity contribution < 1.29 is 13.9 Å². The minimum atomic E-state index is -0.782. The molecule has 3 rings (SSSR count). The number of anilines is 2. The van der Waals surface area contributed by atoms with Crippen LogP contribution in [0.2, 0.25) is 0 Å². The fourth-order valence-corrected chi connectivity index (χ4v) is 4.04. The van der Waals surface area contributed by atoms with Gasteiger partial charge in [0.15, 0.2) is 5.69 Å². The highest BCUT2D eigenvalue weighted by Crippen LogP contribution is 2.29. The van der Waals surface area contributed by atoms with E-state index in [1.807, 2.05) is 13.8 Å². The zero-order valence-electron chi connectivity index (χ0n) is 17.9. The summed E-state index contributed by atoms with van der Waals surface area (Å²) in [6.07, 6.45) is 1.32. The third kappa shape index (κ3) is 4.78. The standard InChI is InChI=1S/C21H24FN5O4S/c1-12(2)11-27-17(23)16(18(28)25-21(27)30)26(8-9-31-3)20(29)15-10-24-19(32-15)13-6-4-5-7-14(13)22/h4-7,10,12H,8-9,11,23H2,1-3H3,(H,25,28,30). The maximum Gasteiger partial charge on any atom is 0.330 e. The van der Waals surface area contributed by atoms with E-state index in [0.29, 0.717) is 5.01 Å². The predicted molar refractivity (Wildman–Crippen MR) is 122 cm³/mol. The molecule has 2 heterocycles. The minimum Gasteiger partial charge on any atom is -0.383 e. The Morgan fingerprint density at radius 3 is 2.72 bits per heavy atom. The third-order valence-corrected chi connectivity index (χ3v) is 5.64. The van der Waals surface area contributed by atoms with Crippen molar-refractivity contribution in [3.05, 3.63) is 62.0 Å². The molecule has 0 atom stereocenters. The molecule has 0 radical (unpaired) electrons. The van der Waals surface area contributed by atoms with E-state index in [1.165, 1.54) is 23.9 Å². The van der Waals surface area contributed by atoms with Crippen molar-refractivity contribution in [2.75, 3.05) is 30.9 Å². The lowest BCUT2D eigenvalue weighted by atomic mass is 10.2. The van der Waals surface area contributed by atoms with E-state index >= 15 is 0 Å². The van der Waals surface area contributed by atoms with Crippen LogP contribution in [-0.2, 0) is 11.3 Å². The number of ether oxygens (including phenoxy) is 1. The van der Waals surface area contributed by atoms with Crippen LogP contribution in [0.15, 0.2) is 40.1 Å². The van der Waals surface area contributed by atoms with Crippen LogP contribution < -0.4 is 21.9 Å². The van der Waals surface area contributed by atoms with Crippen LogP contribution in [0.1, 0.15) is 23.5 Å². The van der Waals surface area contributed by atoms with Gasteiger partial charge in [0.2, 0.25) is 0 Å². The van der Waals surface area contributed by atoms with E-state index in [4.69, 9.17) is 10.5 Å². The van der Waals surface area contributed by atoms with E-state index in [-0.39, 0.29) is 47.6 Å². The number of H-pyrrole nitrogens is 1. The molecule has 170 valence electrons. The number of nitrogens with two attached hydrogens (primary N) is 1. The van der Waals surface area contributed by atoms with Crippen LogP contribution >= 0.6 is 11.3 Å². The Kier molecular flexibility index (Phi) is 7.21. The molecule has 1 aromatic carbocycles. The summed E-state index contributed by atoms with van der Waals surface area (Å²) in [7, 11) is 1.46. The molecule has 32 heavy (non-hydrogen) atoms. The Morgan fingerprint density at radius 1 is 1.34 bits per heavy atom. The number of amides is 1. The second kappa shape index (κ2) is 9.88. The number of nitrogens with one attached hydrogen (secondary N) is 1. The van der Waals surface area contributed by atoms with Gasteiger partial charge in [0.05, 0.1) is 12.8 Å². The van der Waals surface area contributed by atoms with Crippen molar-refractivity contribution in [2.45, 2.75) is 20.4 Å². The number of carbonyl (C=O) groups is 1. The second-order valence-electron chi connectivity index (χ2n) is 7.46. The average Bonchev–Trinajstić information content (AvgIpc) is 3.23. The molecule has 0 bridgehead atoms. The summed E-state index contributed by atoms with van der Waals surface area (Å²) >= 11 is 0.990. The van der Waals surface area contributed by atoms with Crippen molar-refractivity contribution in [3.8, 4) is 10.6 Å². The molecule has 0 fully saturated rings. The van der Waals surface area contributed by atoms with Gasteiger partial charge in [-0.3, -0.25) is 24.0 Å². The molecule has 0 spiro atoms. The topological polar surface area (TPSA) is 123 Å². The molecule has 3 aromatic rings. The Labute approximate surface area is 187 Å². The first-order valence-corrected chi connectivity index (χ1v) is 10.7. The van der Waals surface area contributed by atoms with Gasteiger partial charge >= 0.3 is 5.69 Å². The van der Waals surface area contributed by atoms with Crippen molar-refractivity contribution in [2.24, 2.45) is 5.92 Å². The van der Waals surface area contributed by atoms with Gasteiger partial charge in [-0.1, -0.05) is 26.0 Å². The number of carbonyl (C=O) groups excluding carboxylic acids is 1. The quantitative estimate of drug-likeness (QED) is 0.531. The molecular weight excluding hydrogens is 437 g/mol. The molecule has 0 aliphatic carbocycles. The number of nitrogen functional groups attached to an aromatic ring is 1.